The molecule has 0 saturated heterocycles. The van der Waals surface area contributed by atoms with E-state index in [0.29, 0.717) is 18.4 Å². The monoisotopic (exact) mass is 533 g/mol. The molecule has 1 aliphatic rings. The summed E-state index contributed by atoms with van der Waals surface area (Å²) in [6.45, 7) is 5.22. The van der Waals surface area contributed by atoms with Crippen LogP contribution in [0.2, 0.25) is 0 Å². The molecule has 0 radical (unpaired) electrons. The van der Waals surface area contributed by atoms with Crippen molar-refractivity contribution in [1.82, 2.24) is 0 Å². The van der Waals surface area contributed by atoms with Gasteiger partial charge in [-0.3, -0.25) is 14.9 Å². The van der Waals surface area contributed by atoms with Crippen LogP contribution in [0.15, 0.2) is 78.9 Å². The number of carbonyl (C=O) groups excluding carboxylic acids is 2. The molecule has 1 aliphatic carbocycles. The Morgan fingerprint density at radius 2 is 1.77 bits per heavy atom. The van der Waals surface area contributed by atoms with Crippen molar-refractivity contribution in [3.05, 3.63) is 111 Å². The highest BCUT2D eigenvalue weighted by Crippen LogP contribution is 2.36. The largest absolute Gasteiger partial charge is 0.461 e. The molecule has 7 nitrogen and oxygen atoms in total. The number of nitro groups is 1. The van der Waals surface area contributed by atoms with Crippen molar-refractivity contribution < 1.29 is 24.0 Å². The average molecular weight is 534 g/mol. The van der Waals surface area contributed by atoms with Crippen LogP contribution in [0.5, 0.6) is 0 Å². The van der Waals surface area contributed by atoms with E-state index in [-0.39, 0.29) is 24.3 Å². The number of nitrogens with zero attached hydrogens (tertiary/aromatic N) is 1. The van der Waals surface area contributed by atoms with Gasteiger partial charge in [-0.15, -0.1) is 0 Å². The summed E-state index contributed by atoms with van der Waals surface area (Å²) in [7, 11) is 0. The number of non-ortho nitro benzene ring substituents is 1. The fraction of sp³-hybridized carbons (Fsp3) is 0.212. The highest BCUT2D eigenvalue weighted by molar-refractivity contribution is 5.90. The number of benzene rings is 3. The zero-order valence-electron chi connectivity index (χ0n) is 22.1. The highest BCUT2D eigenvalue weighted by atomic mass is 16.6. The molecule has 0 spiro atoms. The highest BCUT2D eigenvalue weighted by Gasteiger charge is 2.18. The van der Waals surface area contributed by atoms with Crippen molar-refractivity contribution in [2.24, 2.45) is 0 Å². The molecule has 0 aliphatic heterocycles. The molecule has 0 heterocycles. The number of esters is 2. The molecule has 0 amide bonds. The summed E-state index contributed by atoms with van der Waals surface area (Å²) >= 11 is 0. The summed E-state index contributed by atoms with van der Waals surface area (Å²) < 4.78 is 10.5. The lowest BCUT2D eigenvalue weighted by Crippen LogP contribution is -2.17. The lowest BCUT2D eigenvalue weighted by atomic mass is 10.0. The molecule has 1 atom stereocenters. The fourth-order valence-electron chi connectivity index (χ4n) is 4.21. The van der Waals surface area contributed by atoms with Crippen molar-refractivity contribution in [2.75, 3.05) is 6.61 Å². The third-order valence-corrected chi connectivity index (χ3v) is 6.20. The summed E-state index contributed by atoms with van der Waals surface area (Å²) in [5, 5.41) is 10.9. The molecule has 3 aromatic rings. The van der Waals surface area contributed by atoms with Crippen LogP contribution in [0.25, 0.3) is 11.1 Å². The van der Waals surface area contributed by atoms with Gasteiger partial charge in [0.1, 0.15) is 6.61 Å². The summed E-state index contributed by atoms with van der Waals surface area (Å²) in [5.41, 5.74) is 6.67. The SMILES string of the molecule is C=C(CC#CC(CCC#Cc1ccc2c(c1)Cc1ccccc1-2)OC(=O)c1ccc([N+](=O)[O-])cc1)COC(C)=O. The Kier molecular flexibility index (Phi) is 9.12. The number of carbonyl (C=O) groups is 2. The molecule has 4 rings (SSSR count). The van der Waals surface area contributed by atoms with E-state index >= 15 is 0 Å². The van der Waals surface area contributed by atoms with Crippen LogP contribution in [0.3, 0.4) is 0 Å². The van der Waals surface area contributed by atoms with Gasteiger partial charge in [-0.2, -0.15) is 0 Å². The quantitative estimate of drug-likeness (QED) is 0.0901. The van der Waals surface area contributed by atoms with Crippen molar-refractivity contribution in [1.29, 1.82) is 0 Å². The number of nitro benzene ring substituents is 1. The molecular weight excluding hydrogens is 506 g/mol. The molecule has 3 aromatic carbocycles. The van der Waals surface area contributed by atoms with Crippen LogP contribution in [-0.2, 0) is 20.7 Å². The zero-order chi connectivity index (χ0) is 28.5. The van der Waals surface area contributed by atoms with Gasteiger partial charge in [-0.1, -0.05) is 60.6 Å². The first-order chi connectivity index (χ1) is 19.3. The predicted molar refractivity (Wildman–Crippen MR) is 151 cm³/mol. The minimum Gasteiger partial charge on any atom is -0.461 e. The molecule has 1 unspecified atom stereocenters. The third kappa shape index (κ3) is 7.46. The zero-order valence-corrected chi connectivity index (χ0v) is 22.1. The number of rotatable bonds is 8. The summed E-state index contributed by atoms with van der Waals surface area (Å²) in [6.07, 6.45) is 1.19. The lowest BCUT2D eigenvalue weighted by molar-refractivity contribution is -0.384. The molecule has 0 aromatic heterocycles. The van der Waals surface area contributed by atoms with E-state index in [0.717, 1.165) is 12.0 Å². The summed E-state index contributed by atoms with van der Waals surface area (Å²) in [5.74, 6) is 11.2. The van der Waals surface area contributed by atoms with Gasteiger partial charge in [0.25, 0.3) is 5.69 Å². The van der Waals surface area contributed by atoms with Gasteiger partial charge in [-0.25, -0.2) is 4.79 Å². The number of hydrogen-bond donors (Lipinski definition) is 0. The van der Waals surface area contributed by atoms with Crippen molar-refractivity contribution in [2.45, 2.75) is 38.7 Å². The van der Waals surface area contributed by atoms with Crippen LogP contribution in [0.4, 0.5) is 5.69 Å². The van der Waals surface area contributed by atoms with Crippen molar-refractivity contribution in [3.8, 4) is 34.8 Å². The maximum atomic E-state index is 12.7. The Morgan fingerprint density at radius 3 is 2.52 bits per heavy atom. The normalized spacial score (nSPS) is 11.4. The van der Waals surface area contributed by atoms with E-state index in [1.54, 1.807) is 0 Å². The first-order valence-corrected chi connectivity index (χ1v) is 12.7. The average Bonchev–Trinajstić information content (AvgIpc) is 3.32. The van der Waals surface area contributed by atoms with Gasteiger partial charge >= 0.3 is 11.9 Å². The van der Waals surface area contributed by atoms with Crippen LogP contribution in [0, 0.1) is 33.8 Å². The van der Waals surface area contributed by atoms with Crippen molar-refractivity contribution >= 4 is 17.6 Å². The third-order valence-electron chi connectivity index (χ3n) is 6.20. The second kappa shape index (κ2) is 13.1. The fourth-order valence-corrected chi connectivity index (χ4v) is 4.21. The van der Waals surface area contributed by atoms with Gasteiger partial charge in [0, 0.05) is 43.9 Å². The van der Waals surface area contributed by atoms with Crippen LogP contribution < -0.4 is 0 Å². The predicted octanol–water partition coefficient (Wildman–Crippen LogP) is 6.04. The lowest BCUT2D eigenvalue weighted by Gasteiger charge is -2.11. The Hall–Kier alpha value is -5.14. The Balaban J connectivity index is 1.41. The molecule has 0 N–H and O–H groups in total. The molecule has 40 heavy (non-hydrogen) atoms. The van der Waals surface area contributed by atoms with E-state index in [4.69, 9.17) is 9.47 Å². The van der Waals surface area contributed by atoms with E-state index in [1.165, 1.54) is 53.4 Å². The summed E-state index contributed by atoms with van der Waals surface area (Å²) in [6, 6.07) is 19.8. The van der Waals surface area contributed by atoms with Crippen molar-refractivity contribution in [3.63, 3.8) is 0 Å². The smallest absolute Gasteiger partial charge is 0.339 e. The second-order valence-electron chi connectivity index (χ2n) is 9.27. The molecule has 7 heteroatoms. The standard InChI is InChI=1S/C33H27NO6/c1-23(22-39-24(2)35)8-7-12-30(40-33(36)26-15-17-29(18-16-26)34(37)38)11-5-3-9-25-14-19-32-28(20-25)21-27-10-4-6-13-31(27)32/h4,6,10,13-20,30H,1,5,8,11,21-22H2,2H3. The van der Waals surface area contributed by atoms with Gasteiger partial charge in [0.05, 0.1) is 10.5 Å². The molecule has 0 bridgehead atoms. The number of ether oxygens (including phenoxy) is 2. The molecule has 200 valence electrons. The van der Waals surface area contributed by atoms with Crippen LogP contribution in [-0.4, -0.2) is 29.6 Å². The van der Waals surface area contributed by atoms with E-state index in [9.17, 15) is 19.7 Å². The number of hydrogen-bond acceptors (Lipinski definition) is 6. The van der Waals surface area contributed by atoms with Gasteiger partial charge < -0.3 is 9.47 Å². The topological polar surface area (TPSA) is 95.7 Å². The Bertz CT molecular complexity index is 1580. The molecular formula is C33H27NO6. The van der Waals surface area contributed by atoms with E-state index in [1.807, 2.05) is 12.1 Å². The maximum absolute atomic E-state index is 12.7. The number of fused-ring (bicyclic) bond motifs is 3. The first kappa shape index (κ1) is 27.9. The Labute approximate surface area is 233 Å². The van der Waals surface area contributed by atoms with E-state index < -0.39 is 23.0 Å². The van der Waals surface area contributed by atoms with Gasteiger partial charge in [0.2, 0.25) is 0 Å². The van der Waals surface area contributed by atoms with Crippen LogP contribution >= 0.6 is 0 Å². The molecule has 0 fully saturated rings. The van der Waals surface area contributed by atoms with Crippen LogP contribution in [0.1, 0.15) is 53.2 Å². The summed E-state index contributed by atoms with van der Waals surface area (Å²) in [4.78, 5) is 34.0. The Morgan fingerprint density at radius 1 is 1.02 bits per heavy atom. The van der Waals surface area contributed by atoms with Gasteiger partial charge in [-0.05, 0) is 58.5 Å². The minimum absolute atomic E-state index is 0.0641. The first-order valence-electron chi connectivity index (χ1n) is 12.7. The minimum atomic E-state index is -0.756. The molecule has 0 saturated carbocycles. The maximum Gasteiger partial charge on any atom is 0.339 e. The van der Waals surface area contributed by atoms with Gasteiger partial charge in [0.15, 0.2) is 6.10 Å². The van der Waals surface area contributed by atoms with E-state index in [2.05, 4.69) is 60.6 Å². The second-order valence-corrected chi connectivity index (χ2v) is 9.27.